The molecule has 2 heterocycles. The van der Waals surface area contributed by atoms with Gasteiger partial charge in [-0.1, -0.05) is 23.5 Å². The number of fused-ring (bicyclic) bond motifs is 1. The Morgan fingerprint density at radius 3 is 3.06 bits per heavy atom. The van der Waals surface area contributed by atoms with E-state index in [0.717, 1.165) is 36.7 Å². The van der Waals surface area contributed by atoms with Gasteiger partial charge in [0.15, 0.2) is 5.13 Å². The highest BCUT2D eigenvalue weighted by Gasteiger charge is 2.28. The number of ether oxygens (including phenoxy) is 1. The predicted molar refractivity (Wildman–Crippen MR) is 71.7 cm³/mol. The summed E-state index contributed by atoms with van der Waals surface area (Å²) in [5.41, 5.74) is 1.10. The second-order valence-electron chi connectivity index (χ2n) is 4.83. The van der Waals surface area contributed by atoms with E-state index in [9.17, 15) is 0 Å². The minimum atomic E-state index is 0.0339. The van der Waals surface area contributed by atoms with Crippen molar-refractivity contribution in [1.29, 1.82) is 0 Å². The molecule has 1 aliphatic heterocycles. The minimum Gasteiger partial charge on any atom is -0.379 e. The molecule has 0 spiro atoms. The molecule has 1 aromatic heterocycles. The first-order chi connectivity index (χ1) is 8.25. The second kappa shape index (κ2) is 4.27. The normalized spacial score (nSPS) is 25.0. The monoisotopic (exact) mass is 248 g/mol. The standard InChI is InChI=1S/C13H16N2OS/c1-13(7-4-8-16-9-13)15-12-14-10-5-2-3-6-11(10)17-12/h2-3,5-6H,4,7-9H2,1H3,(H,14,15). The van der Waals surface area contributed by atoms with E-state index in [1.54, 1.807) is 11.3 Å². The number of hydrogen-bond donors (Lipinski definition) is 1. The van der Waals surface area contributed by atoms with E-state index in [0.29, 0.717) is 0 Å². The van der Waals surface area contributed by atoms with Gasteiger partial charge in [0.1, 0.15) is 0 Å². The van der Waals surface area contributed by atoms with Crippen LogP contribution in [-0.4, -0.2) is 23.7 Å². The Kier molecular flexibility index (Phi) is 2.76. The zero-order valence-electron chi connectivity index (χ0n) is 9.90. The van der Waals surface area contributed by atoms with Crippen molar-refractivity contribution in [2.45, 2.75) is 25.3 Å². The fraction of sp³-hybridized carbons (Fsp3) is 0.462. The SMILES string of the molecule is CC1(Nc2nc3ccccc3s2)CCCOC1. The molecule has 0 radical (unpaired) electrons. The van der Waals surface area contributed by atoms with Gasteiger partial charge in [0, 0.05) is 6.61 Å². The Hall–Kier alpha value is -1.13. The third-order valence-electron chi connectivity index (χ3n) is 3.14. The largest absolute Gasteiger partial charge is 0.379 e. The lowest BCUT2D eigenvalue weighted by atomic mass is 9.95. The molecule has 1 fully saturated rings. The molecule has 90 valence electrons. The molecule has 0 aliphatic carbocycles. The van der Waals surface area contributed by atoms with Crippen molar-refractivity contribution in [2.75, 3.05) is 18.5 Å². The average molecular weight is 248 g/mol. The van der Waals surface area contributed by atoms with Crippen LogP contribution in [0, 0.1) is 0 Å². The molecule has 0 amide bonds. The number of nitrogens with zero attached hydrogens (tertiary/aromatic N) is 1. The summed E-state index contributed by atoms with van der Waals surface area (Å²) in [6, 6.07) is 8.24. The Labute approximate surface area is 105 Å². The minimum absolute atomic E-state index is 0.0339. The molecule has 2 aromatic rings. The topological polar surface area (TPSA) is 34.2 Å². The van der Waals surface area contributed by atoms with Crippen LogP contribution in [0.5, 0.6) is 0 Å². The summed E-state index contributed by atoms with van der Waals surface area (Å²) in [6.07, 6.45) is 2.26. The highest BCUT2D eigenvalue weighted by Crippen LogP contribution is 2.30. The maximum absolute atomic E-state index is 5.55. The number of benzene rings is 1. The van der Waals surface area contributed by atoms with Gasteiger partial charge in [-0.05, 0) is 31.9 Å². The molecule has 0 bridgehead atoms. The smallest absolute Gasteiger partial charge is 0.184 e. The molecule has 3 nitrogen and oxygen atoms in total. The first kappa shape index (κ1) is 11.0. The van der Waals surface area contributed by atoms with Crippen LogP contribution >= 0.6 is 11.3 Å². The molecule has 1 N–H and O–H groups in total. The summed E-state index contributed by atoms with van der Waals surface area (Å²) in [6.45, 7) is 3.86. The average Bonchev–Trinajstić information content (AvgIpc) is 2.71. The molecule has 4 heteroatoms. The summed E-state index contributed by atoms with van der Waals surface area (Å²) in [5.74, 6) is 0. The Balaban J connectivity index is 1.84. The molecule has 1 unspecified atom stereocenters. The number of aromatic nitrogens is 1. The zero-order chi connectivity index (χ0) is 11.7. The van der Waals surface area contributed by atoms with Gasteiger partial charge in [-0.25, -0.2) is 4.98 Å². The molecule has 17 heavy (non-hydrogen) atoms. The lowest BCUT2D eigenvalue weighted by Crippen LogP contribution is -2.42. The number of hydrogen-bond acceptors (Lipinski definition) is 4. The van der Waals surface area contributed by atoms with Crippen LogP contribution in [0.2, 0.25) is 0 Å². The Morgan fingerprint density at radius 2 is 2.29 bits per heavy atom. The van der Waals surface area contributed by atoms with Crippen LogP contribution in [0.1, 0.15) is 19.8 Å². The molecular formula is C13H16N2OS. The molecule has 1 aliphatic rings. The fourth-order valence-electron chi connectivity index (χ4n) is 2.22. The molecule has 1 aromatic carbocycles. The van der Waals surface area contributed by atoms with E-state index in [2.05, 4.69) is 35.4 Å². The first-order valence-electron chi connectivity index (χ1n) is 5.97. The molecule has 0 saturated carbocycles. The number of para-hydroxylation sites is 1. The number of rotatable bonds is 2. The van der Waals surface area contributed by atoms with Gasteiger partial charge in [0.05, 0.1) is 22.4 Å². The molecular weight excluding hydrogens is 232 g/mol. The summed E-state index contributed by atoms with van der Waals surface area (Å²) in [4.78, 5) is 4.60. The summed E-state index contributed by atoms with van der Waals surface area (Å²) in [7, 11) is 0. The number of nitrogens with one attached hydrogen (secondary N) is 1. The summed E-state index contributed by atoms with van der Waals surface area (Å²) in [5, 5.41) is 4.53. The van der Waals surface area contributed by atoms with Crippen LogP contribution in [0.25, 0.3) is 10.2 Å². The molecule has 3 rings (SSSR count). The highest BCUT2D eigenvalue weighted by atomic mass is 32.1. The lowest BCUT2D eigenvalue weighted by Gasteiger charge is -2.34. The summed E-state index contributed by atoms with van der Waals surface area (Å²) < 4.78 is 6.78. The van der Waals surface area contributed by atoms with Gasteiger partial charge in [-0.2, -0.15) is 0 Å². The predicted octanol–water partition coefficient (Wildman–Crippen LogP) is 3.28. The van der Waals surface area contributed by atoms with Crippen LogP contribution in [0.4, 0.5) is 5.13 Å². The van der Waals surface area contributed by atoms with E-state index in [-0.39, 0.29) is 5.54 Å². The summed E-state index contributed by atoms with van der Waals surface area (Å²) >= 11 is 1.71. The zero-order valence-corrected chi connectivity index (χ0v) is 10.7. The molecule has 1 saturated heterocycles. The second-order valence-corrected chi connectivity index (χ2v) is 5.86. The van der Waals surface area contributed by atoms with Crippen molar-refractivity contribution in [3.63, 3.8) is 0 Å². The van der Waals surface area contributed by atoms with Crippen molar-refractivity contribution in [2.24, 2.45) is 0 Å². The fourth-order valence-corrected chi connectivity index (χ4v) is 3.23. The van der Waals surface area contributed by atoms with Crippen molar-refractivity contribution in [1.82, 2.24) is 4.98 Å². The lowest BCUT2D eigenvalue weighted by molar-refractivity contribution is 0.0540. The van der Waals surface area contributed by atoms with Crippen LogP contribution in [0.15, 0.2) is 24.3 Å². The van der Waals surface area contributed by atoms with E-state index in [1.165, 1.54) is 4.70 Å². The van der Waals surface area contributed by atoms with Gasteiger partial charge in [0.2, 0.25) is 0 Å². The molecule has 1 atom stereocenters. The maximum atomic E-state index is 5.55. The Bertz CT molecular complexity index is 484. The van der Waals surface area contributed by atoms with Gasteiger partial charge in [-0.3, -0.25) is 0 Å². The van der Waals surface area contributed by atoms with Crippen molar-refractivity contribution >= 4 is 26.7 Å². The van der Waals surface area contributed by atoms with Gasteiger partial charge >= 0.3 is 0 Å². The van der Waals surface area contributed by atoms with Crippen molar-refractivity contribution < 1.29 is 4.74 Å². The van der Waals surface area contributed by atoms with E-state index in [4.69, 9.17) is 4.74 Å². The van der Waals surface area contributed by atoms with E-state index < -0.39 is 0 Å². The third-order valence-corrected chi connectivity index (χ3v) is 4.09. The van der Waals surface area contributed by atoms with Crippen molar-refractivity contribution in [3.8, 4) is 0 Å². The van der Waals surface area contributed by atoms with E-state index >= 15 is 0 Å². The van der Waals surface area contributed by atoms with E-state index in [1.807, 2.05) is 6.07 Å². The third kappa shape index (κ3) is 2.28. The number of thiazole rings is 1. The van der Waals surface area contributed by atoms with Gasteiger partial charge in [-0.15, -0.1) is 0 Å². The number of anilines is 1. The van der Waals surface area contributed by atoms with Crippen LogP contribution in [0.3, 0.4) is 0 Å². The van der Waals surface area contributed by atoms with Crippen molar-refractivity contribution in [3.05, 3.63) is 24.3 Å². The van der Waals surface area contributed by atoms with Crippen LogP contribution < -0.4 is 5.32 Å². The quantitative estimate of drug-likeness (QED) is 0.885. The maximum Gasteiger partial charge on any atom is 0.184 e. The first-order valence-corrected chi connectivity index (χ1v) is 6.78. The van der Waals surface area contributed by atoms with Gasteiger partial charge in [0.25, 0.3) is 0 Å². The Morgan fingerprint density at radius 1 is 1.41 bits per heavy atom. The van der Waals surface area contributed by atoms with Crippen LogP contribution in [-0.2, 0) is 4.74 Å². The highest BCUT2D eigenvalue weighted by molar-refractivity contribution is 7.22. The van der Waals surface area contributed by atoms with Gasteiger partial charge < -0.3 is 10.1 Å².